The van der Waals surface area contributed by atoms with Crippen molar-refractivity contribution in [2.24, 2.45) is 0 Å². The zero-order valence-electron chi connectivity index (χ0n) is 10.1. The van der Waals surface area contributed by atoms with Crippen LogP contribution in [0.3, 0.4) is 0 Å². The minimum Gasteiger partial charge on any atom is -0.452 e. The maximum atomic E-state index is 12.6. The SMILES string of the molecule is FC(F)(F)c1cccc(CNCc2cc(Br)c(Br)o2)c1. The van der Waals surface area contributed by atoms with Gasteiger partial charge in [0.25, 0.3) is 0 Å². The third-order valence-corrected chi connectivity index (χ3v) is 4.29. The Bertz CT molecular complexity index is 576. The number of furan rings is 1. The van der Waals surface area contributed by atoms with Gasteiger partial charge in [-0.15, -0.1) is 0 Å². The minimum atomic E-state index is -4.31. The van der Waals surface area contributed by atoms with E-state index in [4.69, 9.17) is 4.42 Å². The second-order valence-corrected chi connectivity index (χ2v) is 5.71. The lowest BCUT2D eigenvalue weighted by Crippen LogP contribution is -2.13. The summed E-state index contributed by atoms with van der Waals surface area (Å²) in [5.74, 6) is 0.690. The predicted octanol–water partition coefficient (Wildman–Crippen LogP) is 5.11. The smallest absolute Gasteiger partial charge is 0.416 e. The quantitative estimate of drug-likeness (QED) is 0.754. The number of hydrogen-bond donors (Lipinski definition) is 1. The van der Waals surface area contributed by atoms with Crippen LogP contribution in [0.2, 0.25) is 0 Å². The van der Waals surface area contributed by atoms with Crippen molar-refractivity contribution in [2.75, 3.05) is 0 Å². The number of nitrogens with one attached hydrogen (secondary N) is 1. The van der Waals surface area contributed by atoms with E-state index in [-0.39, 0.29) is 0 Å². The van der Waals surface area contributed by atoms with Crippen molar-refractivity contribution in [3.63, 3.8) is 0 Å². The molecule has 0 aliphatic rings. The lowest BCUT2D eigenvalue weighted by molar-refractivity contribution is -0.137. The van der Waals surface area contributed by atoms with Crippen LogP contribution in [-0.2, 0) is 19.3 Å². The van der Waals surface area contributed by atoms with Gasteiger partial charge in [0.2, 0.25) is 0 Å². The Balaban J connectivity index is 1.94. The van der Waals surface area contributed by atoms with Crippen LogP contribution in [0.5, 0.6) is 0 Å². The number of alkyl halides is 3. The fourth-order valence-corrected chi connectivity index (χ4v) is 2.32. The Morgan fingerprint density at radius 1 is 1.10 bits per heavy atom. The molecule has 0 saturated heterocycles. The van der Waals surface area contributed by atoms with Crippen LogP contribution in [0.4, 0.5) is 13.2 Å². The topological polar surface area (TPSA) is 25.2 Å². The molecule has 0 aliphatic heterocycles. The number of benzene rings is 1. The summed E-state index contributed by atoms with van der Waals surface area (Å²) in [7, 11) is 0. The maximum Gasteiger partial charge on any atom is 0.416 e. The Morgan fingerprint density at radius 3 is 2.45 bits per heavy atom. The summed E-state index contributed by atoms with van der Waals surface area (Å²) in [5.41, 5.74) is -0.0650. The highest BCUT2D eigenvalue weighted by molar-refractivity contribution is 9.13. The standard InChI is InChI=1S/C13H10Br2F3NO/c14-11-5-10(20-12(11)15)7-19-6-8-2-1-3-9(4-8)13(16,17)18/h1-5,19H,6-7H2. The molecule has 2 rings (SSSR count). The van der Waals surface area contributed by atoms with Crippen molar-refractivity contribution < 1.29 is 17.6 Å². The van der Waals surface area contributed by atoms with Crippen LogP contribution < -0.4 is 5.32 Å². The fraction of sp³-hybridized carbons (Fsp3) is 0.231. The van der Waals surface area contributed by atoms with Crippen LogP contribution in [0.15, 0.2) is 43.9 Å². The molecule has 2 aromatic rings. The number of hydrogen-bond acceptors (Lipinski definition) is 2. The van der Waals surface area contributed by atoms with Gasteiger partial charge in [-0.25, -0.2) is 0 Å². The molecule has 1 N–H and O–H groups in total. The fourth-order valence-electron chi connectivity index (χ4n) is 1.67. The molecule has 0 atom stereocenters. The average Bonchev–Trinajstić information content (AvgIpc) is 2.68. The van der Waals surface area contributed by atoms with Gasteiger partial charge in [0.05, 0.1) is 16.6 Å². The lowest BCUT2D eigenvalue weighted by Gasteiger charge is -2.09. The van der Waals surface area contributed by atoms with Gasteiger partial charge in [-0.1, -0.05) is 18.2 Å². The van der Waals surface area contributed by atoms with Crippen molar-refractivity contribution in [2.45, 2.75) is 19.3 Å². The summed E-state index contributed by atoms with van der Waals surface area (Å²) < 4.78 is 44.4. The van der Waals surface area contributed by atoms with Crippen LogP contribution in [0.1, 0.15) is 16.9 Å². The Morgan fingerprint density at radius 2 is 1.85 bits per heavy atom. The lowest BCUT2D eigenvalue weighted by atomic mass is 10.1. The van der Waals surface area contributed by atoms with E-state index in [1.165, 1.54) is 6.07 Å². The third-order valence-electron chi connectivity index (χ3n) is 2.58. The Labute approximate surface area is 130 Å². The Hall–Kier alpha value is -0.790. The summed E-state index contributed by atoms with van der Waals surface area (Å²) in [6.45, 7) is 0.764. The van der Waals surface area contributed by atoms with Gasteiger partial charge >= 0.3 is 6.18 Å². The highest BCUT2D eigenvalue weighted by Gasteiger charge is 2.30. The molecule has 1 aromatic carbocycles. The van der Waals surface area contributed by atoms with Crippen LogP contribution in [-0.4, -0.2) is 0 Å². The molecule has 20 heavy (non-hydrogen) atoms. The zero-order chi connectivity index (χ0) is 14.8. The van der Waals surface area contributed by atoms with E-state index in [1.54, 1.807) is 12.1 Å². The predicted molar refractivity (Wildman–Crippen MR) is 76.1 cm³/mol. The summed E-state index contributed by atoms with van der Waals surface area (Å²) >= 11 is 6.51. The summed E-state index contributed by atoms with van der Waals surface area (Å²) in [5, 5.41) is 3.03. The molecule has 0 spiro atoms. The van der Waals surface area contributed by atoms with Gasteiger partial charge in [0.1, 0.15) is 5.76 Å². The van der Waals surface area contributed by atoms with Gasteiger partial charge < -0.3 is 9.73 Å². The Kier molecular flexibility index (Phi) is 4.93. The molecule has 0 bridgehead atoms. The molecule has 0 aliphatic carbocycles. The molecule has 0 unspecified atom stereocenters. The second-order valence-electron chi connectivity index (χ2n) is 4.14. The molecule has 0 saturated carbocycles. The van der Waals surface area contributed by atoms with Crippen LogP contribution >= 0.6 is 31.9 Å². The summed E-state index contributed by atoms with van der Waals surface area (Å²) in [6, 6.07) is 7.05. The summed E-state index contributed by atoms with van der Waals surface area (Å²) in [6.07, 6.45) is -4.31. The van der Waals surface area contributed by atoms with E-state index in [1.807, 2.05) is 0 Å². The van der Waals surface area contributed by atoms with Gasteiger partial charge in [0.15, 0.2) is 4.67 Å². The summed E-state index contributed by atoms with van der Waals surface area (Å²) in [4.78, 5) is 0. The third kappa shape index (κ3) is 4.10. The molecule has 2 nitrogen and oxygen atoms in total. The molecule has 0 amide bonds. The average molecular weight is 413 g/mol. The van der Waals surface area contributed by atoms with Crippen molar-refractivity contribution in [3.05, 3.63) is 56.4 Å². The molecule has 0 fully saturated rings. The van der Waals surface area contributed by atoms with E-state index in [0.717, 1.165) is 16.6 Å². The van der Waals surface area contributed by atoms with E-state index in [2.05, 4.69) is 37.2 Å². The molecule has 7 heteroatoms. The highest BCUT2D eigenvalue weighted by atomic mass is 79.9. The van der Waals surface area contributed by atoms with E-state index in [9.17, 15) is 13.2 Å². The molecular weight excluding hydrogens is 403 g/mol. The first-order valence-corrected chi connectivity index (χ1v) is 7.25. The van der Waals surface area contributed by atoms with Gasteiger partial charge in [0, 0.05) is 6.54 Å². The monoisotopic (exact) mass is 411 g/mol. The first-order chi connectivity index (χ1) is 9.36. The van der Waals surface area contributed by atoms with E-state index in [0.29, 0.717) is 29.1 Å². The maximum absolute atomic E-state index is 12.6. The normalized spacial score (nSPS) is 11.8. The molecule has 1 heterocycles. The van der Waals surface area contributed by atoms with Crippen molar-refractivity contribution >= 4 is 31.9 Å². The minimum absolute atomic E-state index is 0.333. The van der Waals surface area contributed by atoms with Crippen molar-refractivity contribution in [1.82, 2.24) is 5.32 Å². The zero-order valence-corrected chi connectivity index (χ0v) is 13.3. The first-order valence-electron chi connectivity index (χ1n) is 5.67. The number of rotatable bonds is 4. The molecule has 108 valence electrons. The highest BCUT2D eigenvalue weighted by Crippen LogP contribution is 2.29. The van der Waals surface area contributed by atoms with E-state index < -0.39 is 11.7 Å². The molecular formula is C13H10Br2F3NO. The van der Waals surface area contributed by atoms with Gasteiger partial charge in [-0.05, 0) is 49.6 Å². The van der Waals surface area contributed by atoms with Gasteiger partial charge in [-0.3, -0.25) is 0 Å². The first kappa shape index (κ1) is 15.6. The van der Waals surface area contributed by atoms with Crippen LogP contribution in [0.25, 0.3) is 0 Å². The largest absolute Gasteiger partial charge is 0.452 e. The van der Waals surface area contributed by atoms with Crippen LogP contribution in [0, 0.1) is 0 Å². The molecule has 0 radical (unpaired) electrons. The van der Waals surface area contributed by atoms with E-state index >= 15 is 0 Å². The van der Waals surface area contributed by atoms with Gasteiger partial charge in [-0.2, -0.15) is 13.2 Å². The second kappa shape index (κ2) is 6.32. The molecule has 1 aromatic heterocycles. The van der Waals surface area contributed by atoms with Crippen molar-refractivity contribution in [3.8, 4) is 0 Å². The number of halogens is 5. The van der Waals surface area contributed by atoms with Crippen molar-refractivity contribution in [1.29, 1.82) is 0 Å².